The van der Waals surface area contributed by atoms with Crippen molar-refractivity contribution in [2.24, 2.45) is 0 Å². The fourth-order valence-electron chi connectivity index (χ4n) is 5.86. The number of hydrogen-bond donors (Lipinski definition) is 2. The summed E-state index contributed by atoms with van der Waals surface area (Å²) >= 11 is 0. The summed E-state index contributed by atoms with van der Waals surface area (Å²) in [6, 6.07) is 22.6. The average Bonchev–Trinajstić information content (AvgIpc) is 3.54. The van der Waals surface area contributed by atoms with E-state index in [1.165, 1.54) is 5.56 Å². The summed E-state index contributed by atoms with van der Waals surface area (Å²) in [5.41, 5.74) is 7.03. The first kappa shape index (κ1) is 27.0. The van der Waals surface area contributed by atoms with Gasteiger partial charge in [0.15, 0.2) is 0 Å². The second-order valence-corrected chi connectivity index (χ2v) is 11.1. The Morgan fingerprint density at radius 2 is 1.78 bits per heavy atom. The summed E-state index contributed by atoms with van der Waals surface area (Å²) < 4.78 is 11.2. The largest absolute Gasteiger partial charge is 0.497 e. The first-order chi connectivity index (χ1) is 19.9. The van der Waals surface area contributed by atoms with Crippen molar-refractivity contribution in [2.45, 2.75) is 45.1 Å². The molecule has 2 aliphatic rings. The van der Waals surface area contributed by atoms with E-state index in [0.717, 1.165) is 64.2 Å². The molecule has 7 nitrogen and oxygen atoms in total. The maximum atomic E-state index is 12.7. The molecule has 0 saturated carbocycles. The molecule has 1 amide bonds. The average molecular weight is 549 g/mol. The molecule has 3 atom stereocenters. The molecule has 0 aliphatic carbocycles. The third-order valence-corrected chi connectivity index (χ3v) is 7.79. The van der Waals surface area contributed by atoms with Crippen molar-refractivity contribution in [3.05, 3.63) is 100 Å². The summed E-state index contributed by atoms with van der Waals surface area (Å²) in [6.07, 6.45) is 7.28. The van der Waals surface area contributed by atoms with Gasteiger partial charge in [0, 0.05) is 37.0 Å². The Labute approximate surface area is 240 Å². The minimum Gasteiger partial charge on any atom is -0.497 e. The number of nitrogens with one attached hydrogen (secondary N) is 2. The standard InChI is InChI=1S/C34H36N4O3/c1-22-19-38(20-23(2)41-22)21-25-9-7-24(8-10-25)12-14-31-30-13-11-26(16-33(30)37-36-31)15-28-18-32(35-34(28)39)27-5-4-6-29(17-27)40-3/h4-17,22-23,32H,18-21H2,1-3H3,(H,35,39)(H,36,37)/t22-,23+,32?. The number of hydrogen-bond acceptors (Lipinski definition) is 5. The maximum absolute atomic E-state index is 12.7. The molecule has 3 heterocycles. The lowest BCUT2D eigenvalue weighted by atomic mass is 10.0. The number of aromatic amines is 1. The fourth-order valence-corrected chi connectivity index (χ4v) is 5.86. The Bertz CT molecular complexity index is 1590. The minimum atomic E-state index is -0.0580. The molecule has 210 valence electrons. The fraction of sp³-hybridized carbons (Fsp3) is 0.294. The quantitative estimate of drug-likeness (QED) is 0.277. The third-order valence-electron chi connectivity index (χ3n) is 7.79. The van der Waals surface area contributed by atoms with Crippen LogP contribution in [0.4, 0.5) is 0 Å². The third kappa shape index (κ3) is 6.26. The molecule has 1 unspecified atom stereocenters. The smallest absolute Gasteiger partial charge is 0.247 e. The highest BCUT2D eigenvalue weighted by Crippen LogP contribution is 2.31. The molecule has 2 aliphatic heterocycles. The first-order valence-electron chi connectivity index (χ1n) is 14.2. The SMILES string of the molecule is COc1cccc(C2CC(=Cc3ccc4c(C=Cc5ccc(CN6C[C@@H](C)O[C@@H](C)C6)cc5)n[nH]c4c3)C(=O)N2)c1. The van der Waals surface area contributed by atoms with E-state index in [1.54, 1.807) is 7.11 Å². The van der Waals surface area contributed by atoms with Gasteiger partial charge in [-0.3, -0.25) is 14.8 Å². The van der Waals surface area contributed by atoms with Crippen molar-refractivity contribution in [1.82, 2.24) is 20.4 Å². The molecular weight excluding hydrogens is 512 g/mol. The van der Waals surface area contributed by atoms with E-state index in [-0.39, 0.29) is 24.2 Å². The van der Waals surface area contributed by atoms with Crippen LogP contribution < -0.4 is 10.1 Å². The van der Waals surface area contributed by atoms with Crippen LogP contribution in [0.1, 0.15) is 54.3 Å². The van der Waals surface area contributed by atoms with Crippen molar-refractivity contribution in [1.29, 1.82) is 0 Å². The molecule has 41 heavy (non-hydrogen) atoms. The number of rotatable bonds is 7. The molecule has 0 bridgehead atoms. The van der Waals surface area contributed by atoms with Crippen LogP contribution in [0.5, 0.6) is 5.75 Å². The summed E-state index contributed by atoms with van der Waals surface area (Å²) in [4.78, 5) is 15.2. The molecule has 0 radical (unpaired) electrons. The van der Waals surface area contributed by atoms with Crippen molar-refractivity contribution < 1.29 is 14.3 Å². The Morgan fingerprint density at radius 1 is 1.00 bits per heavy atom. The monoisotopic (exact) mass is 548 g/mol. The molecule has 1 aromatic heterocycles. The Balaban J connectivity index is 1.12. The van der Waals surface area contributed by atoms with Crippen LogP contribution in [0.25, 0.3) is 29.1 Å². The molecule has 3 aromatic carbocycles. The molecule has 2 N–H and O–H groups in total. The minimum absolute atomic E-state index is 0.0359. The lowest BCUT2D eigenvalue weighted by Gasteiger charge is -2.35. The zero-order chi connectivity index (χ0) is 28.3. The van der Waals surface area contributed by atoms with Gasteiger partial charge in [0.1, 0.15) is 5.75 Å². The van der Waals surface area contributed by atoms with Gasteiger partial charge in [0.05, 0.1) is 36.6 Å². The molecule has 7 heteroatoms. The molecular formula is C34H36N4O3. The molecule has 4 aromatic rings. The molecule has 0 spiro atoms. The predicted molar refractivity (Wildman–Crippen MR) is 163 cm³/mol. The number of fused-ring (bicyclic) bond motifs is 1. The number of carbonyl (C=O) groups excluding carboxylic acids is 1. The number of H-pyrrole nitrogens is 1. The number of morpholine rings is 1. The predicted octanol–water partition coefficient (Wildman–Crippen LogP) is 6.00. The van der Waals surface area contributed by atoms with E-state index in [4.69, 9.17) is 9.47 Å². The van der Waals surface area contributed by atoms with Gasteiger partial charge in [-0.15, -0.1) is 0 Å². The van der Waals surface area contributed by atoms with Crippen molar-refractivity contribution in [3.63, 3.8) is 0 Å². The van der Waals surface area contributed by atoms with Gasteiger partial charge in [-0.25, -0.2) is 0 Å². The van der Waals surface area contributed by atoms with E-state index < -0.39 is 0 Å². The van der Waals surface area contributed by atoms with Crippen LogP contribution in [0, 0.1) is 0 Å². The van der Waals surface area contributed by atoms with Gasteiger partial charge in [-0.2, -0.15) is 5.10 Å². The van der Waals surface area contributed by atoms with Crippen molar-refractivity contribution >= 4 is 35.0 Å². The van der Waals surface area contributed by atoms with Crippen molar-refractivity contribution in [3.8, 4) is 5.75 Å². The topological polar surface area (TPSA) is 79.5 Å². The van der Waals surface area contributed by atoms with Crippen LogP contribution in [0.15, 0.2) is 72.3 Å². The molecule has 2 saturated heterocycles. The number of benzene rings is 3. The van der Waals surface area contributed by atoms with E-state index in [1.807, 2.05) is 48.6 Å². The summed E-state index contributed by atoms with van der Waals surface area (Å²) in [5.74, 6) is 0.750. The van der Waals surface area contributed by atoms with Crippen LogP contribution in [0.2, 0.25) is 0 Å². The Morgan fingerprint density at radius 3 is 2.56 bits per heavy atom. The van der Waals surface area contributed by atoms with E-state index in [0.29, 0.717) is 6.42 Å². The van der Waals surface area contributed by atoms with Gasteiger partial charge in [0.2, 0.25) is 5.91 Å². The lowest BCUT2D eigenvalue weighted by molar-refractivity contribution is -0.116. The van der Waals surface area contributed by atoms with Gasteiger partial charge in [-0.05, 0) is 72.5 Å². The highest BCUT2D eigenvalue weighted by molar-refractivity contribution is 6.01. The zero-order valence-corrected chi connectivity index (χ0v) is 23.8. The van der Waals surface area contributed by atoms with E-state index in [9.17, 15) is 4.79 Å². The first-order valence-corrected chi connectivity index (χ1v) is 14.2. The number of aromatic nitrogens is 2. The van der Waals surface area contributed by atoms with Gasteiger partial charge < -0.3 is 14.8 Å². The van der Waals surface area contributed by atoms with Crippen molar-refractivity contribution in [2.75, 3.05) is 20.2 Å². The normalized spacial score (nSPS) is 22.6. The molecule has 6 rings (SSSR count). The van der Waals surface area contributed by atoms with Crippen LogP contribution in [-0.2, 0) is 16.1 Å². The zero-order valence-electron chi connectivity index (χ0n) is 23.8. The summed E-state index contributed by atoms with van der Waals surface area (Å²) in [6.45, 7) is 7.15. The van der Waals surface area contributed by atoms with Gasteiger partial charge in [-0.1, -0.05) is 48.5 Å². The Kier molecular flexibility index (Phi) is 7.72. The second kappa shape index (κ2) is 11.7. The lowest BCUT2D eigenvalue weighted by Crippen LogP contribution is -2.44. The number of amides is 1. The van der Waals surface area contributed by atoms with E-state index >= 15 is 0 Å². The molecule has 2 fully saturated rings. The van der Waals surface area contributed by atoms with Crippen LogP contribution in [-0.4, -0.2) is 53.4 Å². The van der Waals surface area contributed by atoms with Crippen LogP contribution in [0.3, 0.4) is 0 Å². The highest BCUT2D eigenvalue weighted by Gasteiger charge is 2.27. The van der Waals surface area contributed by atoms with Gasteiger partial charge >= 0.3 is 0 Å². The van der Waals surface area contributed by atoms with E-state index in [2.05, 4.69) is 70.7 Å². The number of carbonyl (C=O) groups is 1. The number of methoxy groups -OCH3 is 1. The van der Waals surface area contributed by atoms with Gasteiger partial charge in [0.25, 0.3) is 0 Å². The summed E-state index contributed by atoms with van der Waals surface area (Å²) in [5, 5.41) is 11.8. The number of ether oxygens (including phenoxy) is 2. The maximum Gasteiger partial charge on any atom is 0.247 e. The summed E-state index contributed by atoms with van der Waals surface area (Å²) in [7, 11) is 1.65. The highest BCUT2D eigenvalue weighted by atomic mass is 16.5. The number of nitrogens with zero attached hydrogens (tertiary/aromatic N) is 2. The van der Waals surface area contributed by atoms with Crippen LogP contribution >= 0.6 is 0 Å². The Hall–Kier alpha value is -4.20. The second-order valence-electron chi connectivity index (χ2n) is 11.1.